The second-order valence-electron chi connectivity index (χ2n) is 4.88. The van der Waals surface area contributed by atoms with Crippen LogP contribution in [0.15, 0.2) is 48.3 Å². The fraction of sp³-hybridized carbons (Fsp3) is 0.444. The van der Waals surface area contributed by atoms with Crippen LogP contribution < -0.4 is 11.1 Å². The van der Waals surface area contributed by atoms with Gasteiger partial charge in [-0.1, -0.05) is 32.1 Å². The Hall–Kier alpha value is -1.91. The smallest absolute Gasteiger partial charge is 0.401 e. The maximum absolute atomic E-state index is 12.4. The lowest BCUT2D eigenvalue weighted by Crippen LogP contribution is -2.16. The average molecular weight is 328 g/mol. The summed E-state index contributed by atoms with van der Waals surface area (Å²) >= 11 is 0. The van der Waals surface area contributed by atoms with Crippen molar-refractivity contribution in [2.24, 2.45) is 5.73 Å². The van der Waals surface area contributed by atoms with E-state index in [-0.39, 0.29) is 0 Å². The Bertz CT molecular complexity index is 488. The zero-order valence-corrected chi connectivity index (χ0v) is 14.1. The third kappa shape index (κ3) is 8.33. The first kappa shape index (κ1) is 21.1. The lowest BCUT2D eigenvalue weighted by Gasteiger charge is -2.12. The first-order valence-corrected chi connectivity index (χ1v) is 7.80. The minimum absolute atomic E-state index is 0.451. The molecule has 0 aliphatic carbocycles. The summed E-state index contributed by atoms with van der Waals surface area (Å²) in [6.07, 6.45) is 0.176. The standard InChI is InChI=1S/C16H21F3N2.C2H6/c1-3-4-5-6-15(20)12(2)21-11-13-7-9-14(10-8-13)16(17,18)19;1-2/h3,7-10,21H,1,4-6,11,20H2,2H3;1-2H3/b15-12-;. The predicted molar refractivity (Wildman–Crippen MR) is 90.6 cm³/mol. The van der Waals surface area contributed by atoms with E-state index >= 15 is 0 Å². The summed E-state index contributed by atoms with van der Waals surface area (Å²) in [6, 6.07) is 5.11. The number of hydrogen-bond donors (Lipinski definition) is 2. The summed E-state index contributed by atoms with van der Waals surface area (Å²) in [5.41, 5.74) is 7.71. The van der Waals surface area contributed by atoms with E-state index in [4.69, 9.17) is 5.73 Å². The minimum Gasteiger partial charge on any atom is -0.401 e. The highest BCUT2D eigenvalue weighted by Gasteiger charge is 2.29. The zero-order chi connectivity index (χ0) is 17.9. The van der Waals surface area contributed by atoms with Crippen molar-refractivity contribution in [3.05, 3.63) is 59.4 Å². The Balaban J connectivity index is 0.00000232. The van der Waals surface area contributed by atoms with Gasteiger partial charge >= 0.3 is 6.18 Å². The van der Waals surface area contributed by atoms with E-state index in [1.807, 2.05) is 26.8 Å². The highest BCUT2D eigenvalue weighted by molar-refractivity contribution is 5.25. The first-order chi connectivity index (χ1) is 10.8. The van der Waals surface area contributed by atoms with E-state index in [0.717, 1.165) is 48.4 Å². The van der Waals surface area contributed by atoms with Gasteiger partial charge in [-0.05, 0) is 43.9 Å². The number of allylic oxidation sites excluding steroid dienone is 3. The molecule has 5 heteroatoms. The summed E-state index contributed by atoms with van der Waals surface area (Å²) in [4.78, 5) is 0. The van der Waals surface area contributed by atoms with Crippen LogP contribution in [0, 0.1) is 0 Å². The molecule has 0 bridgehead atoms. The normalized spacial score (nSPS) is 11.9. The van der Waals surface area contributed by atoms with Gasteiger partial charge in [0.1, 0.15) is 0 Å². The zero-order valence-electron chi connectivity index (χ0n) is 14.1. The van der Waals surface area contributed by atoms with Crippen LogP contribution in [0.25, 0.3) is 0 Å². The highest BCUT2D eigenvalue weighted by Crippen LogP contribution is 2.29. The molecule has 1 aromatic rings. The van der Waals surface area contributed by atoms with Crippen molar-refractivity contribution < 1.29 is 13.2 Å². The summed E-state index contributed by atoms with van der Waals surface area (Å²) in [6.45, 7) is 9.97. The van der Waals surface area contributed by atoms with Crippen LogP contribution in [0.2, 0.25) is 0 Å². The Kier molecular flexibility index (Phi) is 9.86. The molecule has 0 unspecified atom stereocenters. The van der Waals surface area contributed by atoms with Crippen molar-refractivity contribution in [1.82, 2.24) is 5.32 Å². The number of hydrogen-bond acceptors (Lipinski definition) is 2. The van der Waals surface area contributed by atoms with Gasteiger partial charge in [0.25, 0.3) is 0 Å². The molecule has 3 N–H and O–H groups in total. The van der Waals surface area contributed by atoms with Gasteiger partial charge < -0.3 is 11.1 Å². The Labute approximate surface area is 137 Å². The Morgan fingerprint density at radius 2 is 1.78 bits per heavy atom. The van der Waals surface area contributed by atoms with Gasteiger partial charge in [0, 0.05) is 17.9 Å². The van der Waals surface area contributed by atoms with Crippen LogP contribution in [0.5, 0.6) is 0 Å². The second kappa shape index (κ2) is 10.8. The average Bonchev–Trinajstić information content (AvgIpc) is 2.54. The molecule has 0 heterocycles. The fourth-order valence-electron chi connectivity index (χ4n) is 1.78. The maximum Gasteiger partial charge on any atom is 0.416 e. The van der Waals surface area contributed by atoms with Crippen molar-refractivity contribution in [3.8, 4) is 0 Å². The molecule has 0 aliphatic rings. The van der Waals surface area contributed by atoms with E-state index in [1.165, 1.54) is 12.1 Å². The van der Waals surface area contributed by atoms with Crippen LogP contribution >= 0.6 is 0 Å². The van der Waals surface area contributed by atoms with Crippen LogP contribution in [-0.2, 0) is 12.7 Å². The monoisotopic (exact) mass is 328 g/mol. The SMILES string of the molecule is C=CCCC/C(N)=C(\C)NCc1ccc(C(F)(F)F)cc1.CC. The third-order valence-electron chi connectivity index (χ3n) is 3.17. The summed E-state index contributed by atoms with van der Waals surface area (Å²) in [7, 11) is 0. The molecular formula is C18H27F3N2. The molecule has 0 fully saturated rings. The summed E-state index contributed by atoms with van der Waals surface area (Å²) in [5, 5.41) is 3.13. The van der Waals surface area contributed by atoms with Crippen molar-refractivity contribution in [1.29, 1.82) is 0 Å². The summed E-state index contributed by atoms with van der Waals surface area (Å²) < 4.78 is 37.3. The number of benzene rings is 1. The molecule has 0 aliphatic heterocycles. The van der Waals surface area contributed by atoms with Gasteiger partial charge in [-0.15, -0.1) is 6.58 Å². The van der Waals surface area contributed by atoms with Gasteiger partial charge in [0.15, 0.2) is 0 Å². The van der Waals surface area contributed by atoms with Gasteiger partial charge in [-0.25, -0.2) is 0 Å². The third-order valence-corrected chi connectivity index (χ3v) is 3.17. The number of nitrogens with two attached hydrogens (primary N) is 1. The van der Waals surface area contributed by atoms with Gasteiger partial charge in [0.2, 0.25) is 0 Å². The van der Waals surface area contributed by atoms with Crippen molar-refractivity contribution >= 4 is 0 Å². The topological polar surface area (TPSA) is 38.0 Å². The van der Waals surface area contributed by atoms with Crippen molar-refractivity contribution in [2.75, 3.05) is 0 Å². The predicted octanol–water partition coefficient (Wildman–Crippen LogP) is 5.37. The molecule has 0 aromatic heterocycles. The number of nitrogens with one attached hydrogen (secondary N) is 1. The van der Waals surface area contributed by atoms with Gasteiger partial charge in [-0.3, -0.25) is 0 Å². The Morgan fingerprint density at radius 3 is 2.26 bits per heavy atom. The number of halogens is 3. The second-order valence-corrected chi connectivity index (χ2v) is 4.88. The Morgan fingerprint density at radius 1 is 1.22 bits per heavy atom. The van der Waals surface area contributed by atoms with Crippen LogP contribution in [-0.4, -0.2) is 0 Å². The van der Waals surface area contributed by atoms with Crippen LogP contribution in [0.1, 0.15) is 51.2 Å². The molecule has 23 heavy (non-hydrogen) atoms. The van der Waals surface area contributed by atoms with E-state index < -0.39 is 11.7 Å². The number of alkyl halides is 3. The fourth-order valence-corrected chi connectivity index (χ4v) is 1.78. The molecule has 1 rings (SSSR count). The molecule has 0 radical (unpaired) electrons. The molecule has 0 atom stereocenters. The largest absolute Gasteiger partial charge is 0.416 e. The lowest BCUT2D eigenvalue weighted by atomic mass is 10.1. The van der Waals surface area contributed by atoms with Crippen LogP contribution in [0.4, 0.5) is 13.2 Å². The maximum atomic E-state index is 12.4. The van der Waals surface area contributed by atoms with Crippen LogP contribution in [0.3, 0.4) is 0 Å². The lowest BCUT2D eigenvalue weighted by molar-refractivity contribution is -0.137. The molecule has 2 nitrogen and oxygen atoms in total. The van der Waals surface area contributed by atoms with Crippen molar-refractivity contribution in [3.63, 3.8) is 0 Å². The van der Waals surface area contributed by atoms with E-state index in [2.05, 4.69) is 11.9 Å². The highest BCUT2D eigenvalue weighted by atomic mass is 19.4. The van der Waals surface area contributed by atoms with Gasteiger partial charge in [0.05, 0.1) is 5.56 Å². The molecule has 0 amide bonds. The first-order valence-electron chi connectivity index (χ1n) is 7.80. The number of rotatable bonds is 7. The minimum atomic E-state index is -4.29. The molecule has 1 aromatic carbocycles. The van der Waals surface area contributed by atoms with Crippen molar-refractivity contribution in [2.45, 2.75) is 52.8 Å². The molecular weight excluding hydrogens is 301 g/mol. The van der Waals surface area contributed by atoms with Gasteiger partial charge in [-0.2, -0.15) is 13.2 Å². The quantitative estimate of drug-likeness (QED) is 0.522. The molecule has 0 spiro atoms. The van der Waals surface area contributed by atoms with E-state index in [0.29, 0.717) is 6.54 Å². The van der Waals surface area contributed by atoms with E-state index in [9.17, 15) is 13.2 Å². The molecule has 0 saturated heterocycles. The van der Waals surface area contributed by atoms with E-state index in [1.54, 1.807) is 0 Å². The number of unbranched alkanes of at least 4 members (excludes halogenated alkanes) is 1. The molecule has 130 valence electrons. The summed E-state index contributed by atoms with van der Waals surface area (Å²) in [5.74, 6) is 0. The molecule has 0 saturated carbocycles.